The second-order valence-corrected chi connectivity index (χ2v) is 4.18. The minimum atomic E-state index is -0.987. The van der Waals surface area contributed by atoms with Gasteiger partial charge in [0.2, 0.25) is 0 Å². The molecule has 2 rings (SSSR count). The van der Waals surface area contributed by atoms with Crippen LogP contribution in [0.15, 0.2) is 36.5 Å². The zero-order valence-electron chi connectivity index (χ0n) is 9.35. The van der Waals surface area contributed by atoms with Crippen LogP contribution >= 0.6 is 11.6 Å². The maximum absolute atomic E-state index is 11.1. The smallest absolute Gasteiger partial charge is 0.352 e. The predicted molar refractivity (Wildman–Crippen MR) is 67.1 cm³/mol. The van der Waals surface area contributed by atoms with Gasteiger partial charge in [-0.25, -0.2) is 4.79 Å². The Morgan fingerprint density at radius 2 is 2.18 bits per heavy atom. The van der Waals surface area contributed by atoms with Crippen molar-refractivity contribution in [3.63, 3.8) is 0 Å². The number of carbonyl (C=O) groups is 1. The van der Waals surface area contributed by atoms with Gasteiger partial charge in [-0.2, -0.15) is 0 Å². The van der Waals surface area contributed by atoms with Crippen molar-refractivity contribution in [2.45, 2.75) is 13.3 Å². The number of rotatable bonds is 3. The van der Waals surface area contributed by atoms with E-state index in [0.29, 0.717) is 5.02 Å². The zero-order chi connectivity index (χ0) is 12.4. The normalized spacial score (nSPS) is 10.5. The maximum atomic E-state index is 11.1. The first-order valence-electron chi connectivity index (χ1n) is 5.32. The Balaban J connectivity index is 2.55. The Bertz CT molecular complexity index is 560. The number of carboxylic acids is 1. The summed E-state index contributed by atoms with van der Waals surface area (Å²) in [6, 6.07) is 9.19. The molecule has 0 spiro atoms. The van der Waals surface area contributed by atoms with E-state index in [1.807, 2.05) is 24.3 Å². The average molecular weight is 250 g/mol. The Morgan fingerprint density at radius 3 is 2.82 bits per heavy atom. The quantitative estimate of drug-likeness (QED) is 0.906. The molecule has 0 radical (unpaired) electrons. The van der Waals surface area contributed by atoms with Crippen LogP contribution in [0.2, 0.25) is 5.02 Å². The van der Waals surface area contributed by atoms with Gasteiger partial charge in [0.15, 0.2) is 0 Å². The molecular formula is C13H12ClNO2. The van der Waals surface area contributed by atoms with Crippen LogP contribution in [0.1, 0.15) is 23.0 Å². The molecule has 17 heavy (non-hydrogen) atoms. The molecule has 1 aromatic heterocycles. The number of carboxylic acid groups (broad SMARTS) is 1. The van der Waals surface area contributed by atoms with Crippen molar-refractivity contribution < 1.29 is 9.90 Å². The lowest BCUT2D eigenvalue weighted by atomic mass is 10.1. The van der Waals surface area contributed by atoms with Crippen molar-refractivity contribution in [3.8, 4) is 5.69 Å². The number of halogens is 1. The largest absolute Gasteiger partial charge is 0.477 e. The summed E-state index contributed by atoms with van der Waals surface area (Å²) in [5.74, 6) is -0.987. The average Bonchev–Trinajstić information content (AvgIpc) is 2.72. The maximum Gasteiger partial charge on any atom is 0.352 e. The highest BCUT2D eigenvalue weighted by atomic mass is 35.5. The fourth-order valence-electron chi connectivity index (χ4n) is 1.73. The number of aromatic carboxylic acids is 1. The molecule has 0 amide bonds. The van der Waals surface area contributed by atoms with Crippen LogP contribution in [0.5, 0.6) is 0 Å². The van der Waals surface area contributed by atoms with Crippen molar-refractivity contribution in [1.29, 1.82) is 0 Å². The van der Waals surface area contributed by atoms with Crippen LogP contribution in [0.4, 0.5) is 0 Å². The molecule has 88 valence electrons. The van der Waals surface area contributed by atoms with Gasteiger partial charge in [0.05, 0.1) is 5.02 Å². The SMILES string of the molecule is CCc1cccc(-n2cc(Cl)cc2C(=O)O)c1. The highest BCUT2D eigenvalue weighted by Gasteiger charge is 2.13. The fourth-order valence-corrected chi connectivity index (χ4v) is 1.94. The molecule has 1 heterocycles. The molecule has 0 bridgehead atoms. The summed E-state index contributed by atoms with van der Waals surface area (Å²) in [5, 5.41) is 9.51. The van der Waals surface area contributed by atoms with E-state index < -0.39 is 5.97 Å². The summed E-state index contributed by atoms with van der Waals surface area (Å²) >= 11 is 5.85. The van der Waals surface area contributed by atoms with Crippen LogP contribution in [0.3, 0.4) is 0 Å². The van der Waals surface area contributed by atoms with E-state index in [1.165, 1.54) is 6.07 Å². The van der Waals surface area contributed by atoms with Gasteiger partial charge in [-0.1, -0.05) is 30.7 Å². The van der Waals surface area contributed by atoms with Gasteiger partial charge in [0.25, 0.3) is 0 Å². The van der Waals surface area contributed by atoms with Gasteiger partial charge in [-0.3, -0.25) is 0 Å². The standard InChI is InChI=1S/C13H12ClNO2/c1-2-9-4-3-5-11(6-9)15-8-10(14)7-12(15)13(16)17/h3-8H,2H2,1H3,(H,16,17). The third kappa shape index (κ3) is 2.34. The monoisotopic (exact) mass is 249 g/mol. The number of hydrogen-bond donors (Lipinski definition) is 1. The molecule has 0 aliphatic heterocycles. The number of nitrogens with zero attached hydrogens (tertiary/aromatic N) is 1. The highest BCUT2D eigenvalue weighted by molar-refractivity contribution is 6.31. The van der Waals surface area contributed by atoms with Gasteiger partial charge in [-0.05, 0) is 30.2 Å². The minimum absolute atomic E-state index is 0.170. The molecule has 1 N–H and O–H groups in total. The lowest BCUT2D eigenvalue weighted by Gasteiger charge is -2.07. The Labute approximate surface area is 104 Å². The van der Waals surface area contributed by atoms with E-state index in [2.05, 4.69) is 6.92 Å². The van der Waals surface area contributed by atoms with Crippen molar-refractivity contribution >= 4 is 17.6 Å². The molecule has 0 aliphatic carbocycles. The molecule has 2 aromatic rings. The second-order valence-electron chi connectivity index (χ2n) is 3.74. The van der Waals surface area contributed by atoms with Crippen LogP contribution in [-0.4, -0.2) is 15.6 Å². The van der Waals surface area contributed by atoms with Crippen LogP contribution < -0.4 is 0 Å². The Kier molecular flexibility index (Phi) is 3.20. The summed E-state index contributed by atoms with van der Waals surface area (Å²) in [7, 11) is 0. The summed E-state index contributed by atoms with van der Waals surface area (Å²) < 4.78 is 1.59. The first-order valence-corrected chi connectivity index (χ1v) is 5.70. The van der Waals surface area contributed by atoms with Crippen molar-refractivity contribution in [3.05, 3.63) is 52.8 Å². The highest BCUT2D eigenvalue weighted by Crippen LogP contribution is 2.20. The predicted octanol–water partition coefficient (Wildman–Crippen LogP) is 3.39. The van der Waals surface area contributed by atoms with Gasteiger partial charge < -0.3 is 9.67 Å². The second kappa shape index (κ2) is 4.63. The van der Waals surface area contributed by atoms with E-state index in [-0.39, 0.29) is 5.69 Å². The van der Waals surface area contributed by atoms with E-state index in [9.17, 15) is 4.79 Å². The topological polar surface area (TPSA) is 42.2 Å². The molecule has 0 unspecified atom stereocenters. The molecule has 0 atom stereocenters. The molecule has 0 saturated heterocycles. The summed E-state index contributed by atoms with van der Waals surface area (Å²) in [6.45, 7) is 2.06. The van der Waals surface area contributed by atoms with E-state index >= 15 is 0 Å². The summed E-state index contributed by atoms with van der Waals surface area (Å²) in [6.07, 6.45) is 2.52. The molecule has 4 heteroatoms. The Morgan fingerprint density at radius 1 is 1.41 bits per heavy atom. The van der Waals surface area contributed by atoms with Crippen molar-refractivity contribution in [2.75, 3.05) is 0 Å². The molecule has 0 fully saturated rings. The number of aryl methyl sites for hydroxylation is 1. The molecular weight excluding hydrogens is 238 g/mol. The van der Waals surface area contributed by atoms with Gasteiger partial charge >= 0.3 is 5.97 Å². The third-order valence-electron chi connectivity index (χ3n) is 2.60. The van der Waals surface area contributed by atoms with Crippen LogP contribution in [0, 0.1) is 0 Å². The van der Waals surface area contributed by atoms with Crippen molar-refractivity contribution in [1.82, 2.24) is 4.57 Å². The third-order valence-corrected chi connectivity index (χ3v) is 2.81. The first-order chi connectivity index (χ1) is 8.11. The molecule has 1 aromatic carbocycles. The Hall–Kier alpha value is -1.74. The van der Waals surface area contributed by atoms with E-state index in [1.54, 1.807) is 10.8 Å². The first kappa shape index (κ1) is 11.7. The molecule has 0 saturated carbocycles. The van der Waals surface area contributed by atoms with Crippen LogP contribution in [-0.2, 0) is 6.42 Å². The molecule has 3 nitrogen and oxygen atoms in total. The summed E-state index contributed by atoms with van der Waals surface area (Å²) in [5.41, 5.74) is 2.14. The van der Waals surface area contributed by atoms with Crippen molar-refractivity contribution in [2.24, 2.45) is 0 Å². The zero-order valence-corrected chi connectivity index (χ0v) is 10.1. The van der Waals surface area contributed by atoms with Gasteiger partial charge in [-0.15, -0.1) is 0 Å². The number of benzene rings is 1. The van der Waals surface area contributed by atoms with Gasteiger partial charge in [0.1, 0.15) is 5.69 Å². The van der Waals surface area contributed by atoms with E-state index in [0.717, 1.165) is 17.7 Å². The molecule has 0 aliphatic rings. The lowest BCUT2D eigenvalue weighted by Crippen LogP contribution is -2.05. The minimum Gasteiger partial charge on any atom is -0.477 e. The summed E-state index contributed by atoms with van der Waals surface area (Å²) in [4.78, 5) is 11.1. The van der Waals surface area contributed by atoms with Gasteiger partial charge in [0, 0.05) is 11.9 Å². The van der Waals surface area contributed by atoms with Crippen LogP contribution in [0.25, 0.3) is 5.69 Å². The fraction of sp³-hybridized carbons (Fsp3) is 0.154. The number of hydrogen-bond acceptors (Lipinski definition) is 1. The number of aromatic nitrogens is 1. The van der Waals surface area contributed by atoms with E-state index in [4.69, 9.17) is 16.7 Å². The lowest BCUT2D eigenvalue weighted by molar-refractivity contribution is 0.0688.